The maximum absolute atomic E-state index is 5.39. The second-order valence-electron chi connectivity index (χ2n) is 4.95. The first-order valence-electron chi connectivity index (χ1n) is 7.18. The molecule has 0 N–H and O–H groups in total. The molecule has 0 saturated carbocycles. The Hall–Kier alpha value is -2.38. The van der Waals surface area contributed by atoms with Crippen molar-refractivity contribution in [2.75, 3.05) is 14.2 Å². The van der Waals surface area contributed by atoms with E-state index in [0.29, 0.717) is 11.5 Å². The molecule has 0 fully saturated rings. The fourth-order valence-electron chi connectivity index (χ4n) is 2.42. The number of ether oxygens (including phenoxy) is 2. The van der Waals surface area contributed by atoms with Crippen LogP contribution in [0.2, 0.25) is 0 Å². The van der Waals surface area contributed by atoms with Gasteiger partial charge in [-0.05, 0) is 30.0 Å². The largest absolute Gasteiger partial charge is 0.493 e. The van der Waals surface area contributed by atoms with E-state index in [2.05, 4.69) is 21.0 Å². The molecule has 7 heteroatoms. The van der Waals surface area contributed by atoms with Crippen molar-refractivity contribution in [1.82, 2.24) is 15.0 Å². The molecule has 0 atom stereocenters. The van der Waals surface area contributed by atoms with Crippen LogP contribution in [0.4, 0.5) is 0 Å². The van der Waals surface area contributed by atoms with Crippen molar-refractivity contribution in [2.24, 2.45) is 0 Å². The molecule has 0 radical (unpaired) electrons. The second kappa shape index (κ2) is 6.26. The molecule has 5 nitrogen and oxygen atoms in total. The number of nitrogens with zero attached hydrogens (tertiary/aromatic N) is 3. The van der Waals surface area contributed by atoms with Gasteiger partial charge in [-0.1, -0.05) is 12.1 Å². The predicted octanol–water partition coefficient (Wildman–Crippen LogP) is 4.41. The van der Waals surface area contributed by atoms with E-state index >= 15 is 0 Å². The van der Waals surface area contributed by atoms with Crippen LogP contribution >= 0.6 is 23.1 Å². The molecule has 24 heavy (non-hydrogen) atoms. The van der Waals surface area contributed by atoms with Gasteiger partial charge in [0.15, 0.2) is 15.8 Å². The number of rotatable bonds is 4. The molecule has 2 aromatic heterocycles. The van der Waals surface area contributed by atoms with Gasteiger partial charge < -0.3 is 9.47 Å². The number of thiazole rings is 1. The first-order chi connectivity index (χ1) is 11.8. The fourth-order valence-corrected chi connectivity index (χ4v) is 4.47. The number of fused-ring (bicyclic) bond motifs is 2. The summed E-state index contributed by atoms with van der Waals surface area (Å²) < 4.78 is 12.8. The predicted molar refractivity (Wildman–Crippen MR) is 96.4 cm³/mol. The standard InChI is InChI=1S/C17H13N3O2S2/c1-21-13-7-10-12(8-14(13)22-2)18-9-19-16(10)24-17-20-11-5-3-4-6-15(11)23-17/h3-9H,1-2H3. The number of aromatic nitrogens is 3. The second-order valence-corrected chi connectivity index (χ2v) is 7.22. The smallest absolute Gasteiger partial charge is 0.162 e. The number of para-hydroxylation sites is 1. The lowest BCUT2D eigenvalue weighted by Gasteiger charge is -2.10. The molecule has 0 aliphatic heterocycles. The van der Waals surface area contributed by atoms with Gasteiger partial charge in [0.25, 0.3) is 0 Å². The Morgan fingerprint density at radius 3 is 2.54 bits per heavy atom. The zero-order chi connectivity index (χ0) is 16.5. The van der Waals surface area contributed by atoms with Crippen molar-refractivity contribution in [2.45, 2.75) is 9.37 Å². The van der Waals surface area contributed by atoms with E-state index in [9.17, 15) is 0 Å². The van der Waals surface area contributed by atoms with Gasteiger partial charge in [0.05, 0.1) is 30.0 Å². The molecule has 0 spiro atoms. The van der Waals surface area contributed by atoms with Crippen LogP contribution in [-0.2, 0) is 0 Å². The topological polar surface area (TPSA) is 57.1 Å². The summed E-state index contributed by atoms with van der Waals surface area (Å²) in [6.45, 7) is 0. The first-order valence-corrected chi connectivity index (χ1v) is 8.82. The molecule has 120 valence electrons. The van der Waals surface area contributed by atoms with Crippen LogP contribution in [0.3, 0.4) is 0 Å². The molecule has 0 amide bonds. The van der Waals surface area contributed by atoms with Gasteiger partial charge in [0, 0.05) is 11.5 Å². The zero-order valence-corrected chi connectivity index (χ0v) is 14.6. The van der Waals surface area contributed by atoms with Gasteiger partial charge in [-0.15, -0.1) is 11.3 Å². The normalized spacial score (nSPS) is 11.1. The molecule has 4 aromatic rings. The van der Waals surface area contributed by atoms with Crippen molar-refractivity contribution < 1.29 is 9.47 Å². The van der Waals surface area contributed by atoms with Crippen LogP contribution in [0.15, 0.2) is 52.1 Å². The Balaban J connectivity index is 1.80. The van der Waals surface area contributed by atoms with Gasteiger partial charge >= 0.3 is 0 Å². The minimum absolute atomic E-state index is 0.652. The molecular weight excluding hydrogens is 342 g/mol. The number of hydrogen-bond donors (Lipinski definition) is 0. The summed E-state index contributed by atoms with van der Waals surface area (Å²) in [5.41, 5.74) is 1.81. The molecule has 0 bridgehead atoms. The van der Waals surface area contributed by atoms with Crippen molar-refractivity contribution in [1.29, 1.82) is 0 Å². The lowest BCUT2D eigenvalue weighted by molar-refractivity contribution is 0.355. The monoisotopic (exact) mass is 355 g/mol. The average molecular weight is 355 g/mol. The van der Waals surface area contributed by atoms with Crippen LogP contribution in [0.25, 0.3) is 21.1 Å². The van der Waals surface area contributed by atoms with Crippen molar-refractivity contribution in [3.8, 4) is 11.5 Å². The average Bonchev–Trinajstić information content (AvgIpc) is 3.03. The fraction of sp³-hybridized carbons (Fsp3) is 0.118. The van der Waals surface area contributed by atoms with Crippen LogP contribution < -0.4 is 9.47 Å². The molecular formula is C17H13N3O2S2. The summed E-state index contributed by atoms with van der Waals surface area (Å²) in [7, 11) is 3.23. The Morgan fingerprint density at radius 1 is 0.958 bits per heavy atom. The third-order valence-corrected chi connectivity index (χ3v) is 5.68. The van der Waals surface area contributed by atoms with E-state index in [1.54, 1.807) is 31.9 Å². The molecule has 4 rings (SSSR count). The summed E-state index contributed by atoms with van der Waals surface area (Å²) in [5.74, 6) is 1.31. The SMILES string of the molecule is COc1cc2ncnc(Sc3nc4ccccc4s3)c2cc1OC. The molecule has 2 aromatic carbocycles. The molecule has 2 heterocycles. The summed E-state index contributed by atoms with van der Waals surface area (Å²) in [6.07, 6.45) is 1.56. The van der Waals surface area contributed by atoms with Crippen LogP contribution in [-0.4, -0.2) is 29.2 Å². The van der Waals surface area contributed by atoms with Crippen molar-refractivity contribution in [3.63, 3.8) is 0 Å². The Morgan fingerprint density at radius 2 is 1.75 bits per heavy atom. The maximum atomic E-state index is 5.39. The molecule has 0 unspecified atom stereocenters. The Bertz CT molecular complexity index is 1000. The third-order valence-electron chi connectivity index (χ3n) is 3.56. The zero-order valence-electron chi connectivity index (χ0n) is 13.0. The van der Waals surface area contributed by atoms with E-state index in [1.165, 1.54) is 11.8 Å². The van der Waals surface area contributed by atoms with Gasteiger partial charge in [-0.3, -0.25) is 0 Å². The third kappa shape index (κ3) is 2.65. The summed E-state index contributed by atoms with van der Waals surface area (Å²) in [5, 5.41) is 1.76. The highest BCUT2D eigenvalue weighted by Gasteiger charge is 2.13. The van der Waals surface area contributed by atoms with Crippen molar-refractivity contribution in [3.05, 3.63) is 42.7 Å². The minimum Gasteiger partial charge on any atom is -0.493 e. The van der Waals surface area contributed by atoms with E-state index in [4.69, 9.17) is 9.47 Å². The Labute approximate surface area is 146 Å². The van der Waals surface area contributed by atoms with Gasteiger partial charge in [0.1, 0.15) is 11.4 Å². The van der Waals surface area contributed by atoms with Gasteiger partial charge in [0.2, 0.25) is 0 Å². The molecule has 0 aliphatic carbocycles. The van der Waals surface area contributed by atoms with E-state index in [0.717, 1.165) is 30.5 Å². The lowest BCUT2D eigenvalue weighted by atomic mass is 10.2. The quantitative estimate of drug-likeness (QED) is 0.506. The number of benzene rings is 2. The van der Waals surface area contributed by atoms with Gasteiger partial charge in [-0.25, -0.2) is 15.0 Å². The number of hydrogen-bond acceptors (Lipinski definition) is 7. The lowest BCUT2D eigenvalue weighted by Crippen LogP contribution is -1.93. The van der Waals surface area contributed by atoms with Crippen molar-refractivity contribution >= 4 is 44.2 Å². The van der Waals surface area contributed by atoms with Crippen LogP contribution in [0.1, 0.15) is 0 Å². The highest BCUT2D eigenvalue weighted by Crippen LogP contribution is 2.39. The van der Waals surface area contributed by atoms with Gasteiger partial charge in [-0.2, -0.15) is 0 Å². The number of methoxy groups -OCH3 is 2. The maximum Gasteiger partial charge on any atom is 0.162 e. The molecule has 0 saturated heterocycles. The Kier molecular flexibility index (Phi) is 3.95. The summed E-state index contributed by atoms with van der Waals surface area (Å²) in [6, 6.07) is 11.9. The van der Waals surface area contributed by atoms with E-state index in [1.807, 2.05) is 30.3 Å². The van der Waals surface area contributed by atoms with E-state index < -0.39 is 0 Å². The highest BCUT2D eigenvalue weighted by molar-refractivity contribution is 8.01. The highest BCUT2D eigenvalue weighted by atomic mass is 32.2. The first kappa shape index (κ1) is 15.2. The van der Waals surface area contributed by atoms with E-state index in [-0.39, 0.29) is 0 Å². The summed E-state index contributed by atoms with van der Waals surface area (Å²) >= 11 is 3.19. The van der Waals surface area contributed by atoms with Crippen LogP contribution in [0, 0.1) is 0 Å². The minimum atomic E-state index is 0.652. The molecule has 0 aliphatic rings. The summed E-state index contributed by atoms with van der Waals surface area (Å²) in [4.78, 5) is 13.4. The van der Waals surface area contributed by atoms with Crippen LogP contribution in [0.5, 0.6) is 11.5 Å².